The van der Waals surface area contributed by atoms with E-state index < -0.39 is 37.3 Å². The second kappa shape index (κ2) is 10.9. The second-order valence-corrected chi connectivity index (χ2v) is 9.95. The Morgan fingerprint density at radius 2 is 1.85 bits per heavy atom. The lowest BCUT2D eigenvalue weighted by molar-refractivity contribution is -0.385. The summed E-state index contributed by atoms with van der Waals surface area (Å²) in [4.78, 5) is 21.5. The molecule has 0 amide bonds. The van der Waals surface area contributed by atoms with Crippen LogP contribution in [0.4, 0.5) is 21.5 Å². The largest absolute Gasteiger partial charge is 0.478 e. The monoisotopic (exact) mass is 572 g/mol. The van der Waals surface area contributed by atoms with Gasteiger partial charge in [0.1, 0.15) is 15.9 Å². The van der Waals surface area contributed by atoms with Crippen LogP contribution in [0.2, 0.25) is 5.15 Å². The molecule has 3 N–H and O–H groups in total. The Morgan fingerprint density at radius 3 is 2.51 bits per heavy atom. The predicted molar refractivity (Wildman–Crippen MR) is 142 cm³/mol. The van der Waals surface area contributed by atoms with Crippen molar-refractivity contribution in [3.05, 3.63) is 105 Å². The quantitative estimate of drug-likeness (QED) is 0.145. The molecule has 0 bridgehead atoms. The third kappa shape index (κ3) is 5.86. The van der Waals surface area contributed by atoms with Gasteiger partial charge in [-0.05, 0) is 49.4 Å². The molecule has 1 heterocycles. The van der Waals surface area contributed by atoms with Crippen LogP contribution in [0.25, 0.3) is 5.69 Å². The second-order valence-electron chi connectivity index (χ2n) is 7.94. The number of nitrogens with one attached hydrogen (secondary N) is 2. The zero-order valence-electron chi connectivity index (χ0n) is 19.9. The van der Waals surface area contributed by atoms with Crippen molar-refractivity contribution >= 4 is 50.9 Å². The molecule has 0 saturated heterocycles. The van der Waals surface area contributed by atoms with Gasteiger partial charge in [-0.3, -0.25) is 20.3 Å². The highest BCUT2D eigenvalue weighted by Crippen LogP contribution is 2.29. The van der Waals surface area contributed by atoms with Crippen LogP contribution < -0.4 is 10.1 Å². The third-order valence-corrected chi connectivity index (χ3v) is 7.13. The Bertz CT molecular complexity index is 1720. The molecule has 200 valence electrons. The summed E-state index contributed by atoms with van der Waals surface area (Å²) in [6, 6.07) is 13.8. The number of hydrazone groups is 1. The van der Waals surface area contributed by atoms with Crippen LogP contribution in [0.15, 0.2) is 76.7 Å². The number of hydrogen-bond acceptors (Lipinski definition) is 8. The van der Waals surface area contributed by atoms with Gasteiger partial charge in [-0.15, -0.1) is 0 Å². The number of aromatic nitrogens is 2. The van der Waals surface area contributed by atoms with Gasteiger partial charge in [0.25, 0.3) is 15.7 Å². The fourth-order valence-electron chi connectivity index (χ4n) is 3.48. The van der Waals surface area contributed by atoms with Gasteiger partial charge in [-0.25, -0.2) is 22.3 Å². The summed E-state index contributed by atoms with van der Waals surface area (Å²) in [6.07, 6.45) is 1.27. The molecule has 4 aromatic rings. The van der Waals surface area contributed by atoms with E-state index in [1.165, 1.54) is 59.4 Å². The van der Waals surface area contributed by atoms with Crippen LogP contribution in [0.5, 0.6) is 0 Å². The van der Waals surface area contributed by atoms with E-state index in [9.17, 15) is 32.8 Å². The van der Waals surface area contributed by atoms with Crippen LogP contribution >= 0.6 is 11.6 Å². The zero-order valence-corrected chi connectivity index (χ0v) is 21.4. The SMILES string of the molecule is Cc1nn(-c2ccc(F)cc2)c(Cl)c1/C=N/Nc1ccc([N+](=O)[O-])cc1S(=O)(=O)Nc1ccccc1C(=O)O. The number of nitrogens with zero attached hydrogens (tertiary/aromatic N) is 4. The van der Waals surface area contributed by atoms with E-state index in [4.69, 9.17) is 11.6 Å². The molecular formula is C24H18ClFN6O6S. The Hall–Kier alpha value is -4.82. The fraction of sp³-hybridized carbons (Fsp3) is 0.0417. The third-order valence-electron chi connectivity index (χ3n) is 5.37. The molecule has 0 spiro atoms. The maximum absolute atomic E-state index is 13.3. The molecule has 0 aliphatic heterocycles. The molecule has 0 aliphatic rings. The van der Waals surface area contributed by atoms with E-state index in [0.29, 0.717) is 16.9 Å². The van der Waals surface area contributed by atoms with Crippen LogP contribution in [0.3, 0.4) is 0 Å². The minimum Gasteiger partial charge on any atom is -0.478 e. The van der Waals surface area contributed by atoms with Crippen molar-refractivity contribution in [2.45, 2.75) is 11.8 Å². The number of carboxylic acids is 1. The number of benzene rings is 3. The van der Waals surface area contributed by atoms with Crippen molar-refractivity contribution in [1.29, 1.82) is 0 Å². The lowest BCUT2D eigenvalue weighted by Gasteiger charge is -2.13. The van der Waals surface area contributed by atoms with Crippen molar-refractivity contribution in [3.63, 3.8) is 0 Å². The van der Waals surface area contributed by atoms with Crippen molar-refractivity contribution in [3.8, 4) is 5.69 Å². The van der Waals surface area contributed by atoms with Crippen molar-refractivity contribution in [1.82, 2.24) is 9.78 Å². The lowest BCUT2D eigenvalue weighted by atomic mass is 10.2. The fourth-order valence-corrected chi connectivity index (χ4v) is 5.05. The van der Waals surface area contributed by atoms with Gasteiger partial charge in [-0.1, -0.05) is 23.7 Å². The summed E-state index contributed by atoms with van der Waals surface area (Å²) >= 11 is 6.43. The molecule has 0 aliphatic carbocycles. The molecule has 4 rings (SSSR count). The Morgan fingerprint density at radius 1 is 1.15 bits per heavy atom. The molecule has 0 saturated carbocycles. The number of carbonyl (C=O) groups is 1. The topological polar surface area (TPSA) is 169 Å². The number of rotatable bonds is 9. The maximum Gasteiger partial charge on any atom is 0.337 e. The first-order chi connectivity index (χ1) is 18.5. The maximum atomic E-state index is 13.3. The van der Waals surface area contributed by atoms with Crippen molar-refractivity contribution in [2.75, 3.05) is 10.1 Å². The predicted octanol–water partition coefficient (Wildman–Crippen LogP) is 4.83. The van der Waals surface area contributed by atoms with Gasteiger partial charge in [0.05, 0.1) is 45.0 Å². The van der Waals surface area contributed by atoms with Crippen LogP contribution in [-0.2, 0) is 10.0 Å². The molecule has 0 fully saturated rings. The molecule has 39 heavy (non-hydrogen) atoms. The Balaban J connectivity index is 1.67. The average molecular weight is 573 g/mol. The zero-order chi connectivity index (χ0) is 28.3. The molecule has 1 aromatic heterocycles. The highest BCUT2D eigenvalue weighted by atomic mass is 35.5. The number of non-ortho nitro benzene ring substituents is 1. The number of carboxylic acid groups (broad SMARTS) is 1. The number of hydrogen-bond donors (Lipinski definition) is 3. The first-order valence-electron chi connectivity index (χ1n) is 10.9. The smallest absolute Gasteiger partial charge is 0.337 e. The first kappa shape index (κ1) is 27.2. The van der Waals surface area contributed by atoms with Gasteiger partial charge in [0.2, 0.25) is 0 Å². The number of para-hydroxylation sites is 1. The standard InChI is InChI=1S/C24H18ClFN6O6S/c1-14-19(23(25)31(29-14)16-8-6-15(26)7-9-16)13-27-28-21-11-10-17(32(35)36)12-22(21)39(37,38)30-20-5-3-2-4-18(20)24(33)34/h2-13,28,30H,1H3,(H,33,34)/b27-13+. The number of aromatic carboxylic acids is 1. The molecule has 0 radical (unpaired) electrons. The number of nitro benzene ring substituents is 1. The summed E-state index contributed by atoms with van der Waals surface area (Å²) in [6.45, 7) is 1.65. The summed E-state index contributed by atoms with van der Waals surface area (Å²) in [5.74, 6) is -1.80. The van der Waals surface area contributed by atoms with E-state index in [2.05, 4.69) is 20.3 Å². The number of sulfonamides is 1. The van der Waals surface area contributed by atoms with Crippen LogP contribution in [-0.4, -0.2) is 40.4 Å². The summed E-state index contributed by atoms with van der Waals surface area (Å²) in [5, 5.41) is 29.2. The van der Waals surface area contributed by atoms with E-state index in [1.54, 1.807) is 6.92 Å². The first-order valence-corrected chi connectivity index (χ1v) is 12.8. The Labute approximate surface area is 225 Å². The van der Waals surface area contributed by atoms with Crippen LogP contribution in [0.1, 0.15) is 21.6 Å². The molecule has 3 aromatic carbocycles. The number of anilines is 2. The van der Waals surface area contributed by atoms with Crippen molar-refractivity contribution < 1.29 is 27.6 Å². The molecule has 12 nitrogen and oxygen atoms in total. The summed E-state index contributed by atoms with van der Waals surface area (Å²) in [5.41, 5.74) is 2.64. The average Bonchev–Trinajstić information content (AvgIpc) is 3.17. The number of aryl methyl sites for hydroxylation is 1. The lowest BCUT2D eigenvalue weighted by Crippen LogP contribution is -2.17. The van der Waals surface area contributed by atoms with E-state index >= 15 is 0 Å². The number of nitro groups is 1. The Kier molecular flexibility index (Phi) is 7.60. The summed E-state index contributed by atoms with van der Waals surface area (Å²) < 4.78 is 43.2. The van der Waals surface area contributed by atoms with Gasteiger partial charge in [-0.2, -0.15) is 10.2 Å². The van der Waals surface area contributed by atoms with Crippen LogP contribution in [0, 0.1) is 22.9 Å². The number of halogens is 2. The molecule has 0 atom stereocenters. The van der Waals surface area contributed by atoms with E-state index in [0.717, 1.165) is 18.2 Å². The highest BCUT2D eigenvalue weighted by molar-refractivity contribution is 7.93. The van der Waals surface area contributed by atoms with Gasteiger partial charge in [0, 0.05) is 12.1 Å². The van der Waals surface area contributed by atoms with Crippen molar-refractivity contribution in [2.24, 2.45) is 5.10 Å². The molecule has 15 heteroatoms. The van der Waals surface area contributed by atoms with Gasteiger partial charge < -0.3 is 5.11 Å². The van der Waals surface area contributed by atoms with Gasteiger partial charge in [0.15, 0.2) is 0 Å². The van der Waals surface area contributed by atoms with E-state index in [-0.39, 0.29) is 22.1 Å². The normalized spacial score (nSPS) is 11.5. The minimum absolute atomic E-state index is 0.142. The highest BCUT2D eigenvalue weighted by Gasteiger charge is 2.24. The van der Waals surface area contributed by atoms with Gasteiger partial charge >= 0.3 is 5.97 Å². The summed E-state index contributed by atoms with van der Waals surface area (Å²) in [7, 11) is -4.53. The molecular weight excluding hydrogens is 555 g/mol. The molecule has 0 unspecified atom stereocenters. The minimum atomic E-state index is -4.53. The van der Waals surface area contributed by atoms with E-state index in [1.807, 2.05) is 0 Å².